The zero-order valence-electron chi connectivity index (χ0n) is 13.9. The molecule has 1 saturated carbocycles. The highest BCUT2D eigenvalue weighted by Gasteiger charge is 2.32. The Morgan fingerprint density at radius 2 is 1.96 bits per heavy atom. The van der Waals surface area contributed by atoms with E-state index in [1.165, 1.54) is 19.3 Å². The minimum atomic E-state index is -0.0184. The number of hydrogen-bond donors (Lipinski definition) is 2. The Morgan fingerprint density at radius 1 is 1.21 bits per heavy atom. The Kier molecular flexibility index (Phi) is 5.25. The predicted octanol–water partition coefficient (Wildman–Crippen LogP) is 2.18. The van der Waals surface area contributed by atoms with Crippen LogP contribution in [-0.2, 0) is 11.3 Å². The van der Waals surface area contributed by atoms with Gasteiger partial charge in [-0.25, -0.2) is 0 Å². The second-order valence-corrected chi connectivity index (χ2v) is 6.67. The van der Waals surface area contributed by atoms with E-state index in [2.05, 4.69) is 15.5 Å². The van der Waals surface area contributed by atoms with E-state index in [-0.39, 0.29) is 11.3 Å². The van der Waals surface area contributed by atoms with Crippen LogP contribution >= 0.6 is 0 Å². The molecule has 128 valence electrons. The maximum absolute atomic E-state index is 12.4. The van der Waals surface area contributed by atoms with Gasteiger partial charge in [-0.1, -0.05) is 37.5 Å². The number of hydrogen-bond acceptors (Lipinski definition) is 4. The molecule has 0 spiro atoms. The molecule has 0 unspecified atom stereocenters. The molecule has 1 aromatic heterocycles. The molecule has 3 N–H and O–H groups in total. The van der Waals surface area contributed by atoms with E-state index in [0.29, 0.717) is 19.5 Å². The van der Waals surface area contributed by atoms with Crippen LogP contribution in [0.25, 0.3) is 5.69 Å². The van der Waals surface area contributed by atoms with E-state index in [1.807, 2.05) is 34.9 Å². The van der Waals surface area contributed by atoms with Crippen LogP contribution in [0.4, 0.5) is 0 Å². The van der Waals surface area contributed by atoms with Gasteiger partial charge in [-0.2, -0.15) is 0 Å². The van der Waals surface area contributed by atoms with Crippen LogP contribution in [-0.4, -0.2) is 27.2 Å². The van der Waals surface area contributed by atoms with Crippen LogP contribution < -0.4 is 11.1 Å². The fourth-order valence-electron chi connectivity index (χ4n) is 3.52. The summed E-state index contributed by atoms with van der Waals surface area (Å²) in [4.78, 5) is 12.4. The predicted molar refractivity (Wildman–Crippen MR) is 92.4 cm³/mol. The van der Waals surface area contributed by atoms with Gasteiger partial charge in [-0.05, 0) is 36.9 Å². The minimum Gasteiger partial charge on any atom is -0.349 e. The normalized spacial score (nSPS) is 16.7. The van der Waals surface area contributed by atoms with Gasteiger partial charge < -0.3 is 11.1 Å². The van der Waals surface area contributed by atoms with Crippen molar-refractivity contribution in [2.45, 2.75) is 45.1 Å². The molecule has 0 aliphatic heterocycles. The standard InChI is InChI=1S/C18H25N5O/c19-13-18(9-5-2-6-10-18)11-17(24)20-12-16-22-21-14-23(16)15-7-3-1-4-8-15/h1,3-4,7-8,14H,2,5-6,9-13,19H2,(H,20,24). The van der Waals surface area contributed by atoms with Crippen molar-refractivity contribution in [3.63, 3.8) is 0 Å². The average molecular weight is 327 g/mol. The summed E-state index contributed by atoms with van der Waals surface area (Å²) in [6, 6.07) is 9.86. The third-order valence-corrected chi connectivity index (χ3v) is 4.98. The highest BCUT2D eigenvalue weighted by Crippen LogP contribution is 2.38. The van der Waals surface area contributed by atoms with Crippen LogP contribution in [0.15, 0.2) is 36.7 Å². The lowest BCUT2D eigenvalue weighted by Crippen LogP contribution is -2.38. The van der Waals surface area contributed by atoms with Crippen LogP contribution in [0, 0.1) is 5.41 Å². The number of para-hydroxylation sites is 1. The summed E-state index contributed by atoms with van der Waals surface area (Å²) in [5, 5.41) is 11.1. The van der Waals surface area contributed by atoms with E-state index in [4.69, 9.17) is 5.73 Å². The van der Waals surface area contributed by atoms with Gasteiger partial charge >= 0.3 is 0 Å². The molecule has 0 radical (unpaired) electrons. The quantitative estimate of drug-likeness (QED) is 0.851. The van der Waals surface area contributed by atoms with E-state index in [1.54, 1.807) is 6.33 Å². The molecule has 0 saturated heterocycles. The van der Waals surface area contributed by atoms with Crippen molar-refractivity contribution in [3.05, 3.63) is 42.5 Å². The molecule has 0 atom stereocenters. The number of aromatic nitrogens is 3. The molecule has 24 heavy (non-hydrogen) atoms. The first-order valence-corrected chi connectivity index (χ1v) is 8.64. The number of nitrogens with one attached hydrogen (secondary N) is 1. The fraction of sp³-hybridized carbons (Fsp3) is 0.500. The molecule has 6 heteroatoms. The van der Waals surface area contributed by atoms with Gasteiger partial charge in [0.1, 0.15) is 6.33 Å². The van der Waals surface area contributed by atoms with Crippen molar-refractivity contribution in [1.29, 1.82) is 0 Å². The summed E-state index contributed by atoms with van der Waals surface area (Å²) in [6.07, 6.45) is 7.87. The van der Waals surface area contributed by atoms with Gasteiger partial charge in [0, 0.05) is 12.1 Å². The molecule has 1 aliphatic carbocycles. The second kappa shape index (κ2) is 7.57. The van der Waals surface area contributed by atoms with Crippen molar-refractivity contribution < 1.29 is 4.79 Å². The first-order valence-electron chi connectivity index (χ1n) is 8.64. The lowest BCUT2D eigenvalue weighted by molar-refractivity contribution is -0.124. The van der Waals surface area contributed by atoms with Crippen molar-refractivity contribution >= 4 is 5.91 Å². The van der Waals surface area contributed by atoms with E-state index in [9.17, 15) is 4.79 Å². The Bertz CT molecular complexity index is 661. The Balaban J connectivity index is 1.60. The Labute approximate surface area is 142 Å². The number of amides is 1. The summed E-state index contributed by atoms with van der Waals surface area (Å²) in [5.41, 5.74) is 6.94. The summed E-state index contributed by atoms with van der Waals surface area (Å²) in [5.74, 6) is 0.768. The number of benzene rings is 1. The summed E-state index contributed by atoms with van der Waals surface area (Å²) in [6.45, 7) is 0.953. The average Bonchev–Trinajstić information content (AvgIpc) is 3.10. The second-order valence-electron chi connectivity index (χ2n) is 6.67. The van der Waals surface area contributed by atoms with Crippen molar-refractivity contribution in [3.8, 4) is 5.69 Å². The number of rotatable bonds is 6. The zero-order valence-corrected chi connectivity index (χ0v) is 13.9. The molecule has 1 fully saturated rings. The third-order valence-electron chi connectivity index (χ3n) is 4.98. The molecule has 1 aliphatic rings. The lowest BCUT2D eigenvalue weighted by atomic mass is 9.71. The number of carbonyl (C=O) groups is 1. The smallest absolute Gasteiger partial charge is 0.220 e. The van der Waals surface area contributed by atoms with E-state index >= 15 is 0 Å². The number of nitrogens with zero attached hydrogens (tertiary/aromatic N) is 3. The maximum atomic E-state index is 12.4. The number of carbonyl (C=O) groups excluding carboxylic acids is 1. The molecular formula is C18H25N5O. The van der Waals surface area contributed by atoms with E-state index < -0.39 is 0 Å². The number of nitrogens with two attached hydrogens (primary N) is 1. The molecule has 1 aromatic carbocycles. The molecule has 1 heterocycles. The van der Waals surface area contributed by atoms with Gasteiger partial charge in [-0.15, -0.1) is 10.2 Å². The fourth-order valence-corrected chi connectivity index (χ4v) is 3.52. The summed E-state index contributed by atoms with van der Waals surface area (Å²) < 4.78 is 1.89. The van der Waals surface area contributed by atoms with Crippen LogP contribution in [0.1, 0.15) is 44.3 Å². The Hall–Kier alpha value is -2.21. The molecule has 0 bridgehead atoms. The topological polar surface area (TPSA) is 85.8 Å². The van der Waals surface area contributed by atoms with Gasteiger partial charge in [0.15, 0.2) is 5.82 Å². The third kappa shape index (κ3) is 3.82. The Morgan fingerprint density at radius 3 is 2.67 bits per heavy atom. The van der Waals surface area contributed by atoms with Gasteiger partial charge in [-0.3, -0.25) is 9.36 Å². The van der Waals surface area contributed by atoms with Gasteiger partial charge in [0.25, 0.3) is 0 Å². The first-order chi connectivity index (χ1) is 11.7. The molecule has 2 aromatic rings. The van der Waals surface area contributed by atoms with Crippen molar-refractivity contribution in [2.24, 2.45) is 11.1 Å². The highest BCUT2D eigenvalue weighted by molar-refractivity contribution is 5.76. The largest absolute Gasteiger partial charge is 0.349 e. The zero-order chi connectivity index (χ0) is 16.8. The van der Waals surface area contributed by atoms with Crippen molar-refractivity contribution in [2.75, 3.05) is 6.54 Å². The summed E-state index contributed by atoms with van der Waals surface area (Å²) in [7, 11) is 0. The van der Waals surface area contributed by atoms with Gasteiger partial charge in [0.05, 0.1) is 6.54 Å². The van der Waals surface area contributed by atoms with Crippen LogP contribution in [0.5, 0.6) is 0 Å². The molecular weight excluding hydrogens is 302 g/mol. The highest BCUT2D eigenvalue weighted by atomic mass is 16.1. The van der Waals surface area contributed by atoms with Crippen molar-refractivity contribution in [1.82, 2.24) is 20.1 Å². The lowest BCUT2D eigenvalue weighted by Gasteiger charge is -2.35. The SMILES string of the molecule is NCC1(CC(=O)NCc2nncn2-c2ccccc2)CCCCC1. The first kappa shape index (κ1) is 16.6. The maximum Gasteiger partial charge on any atom is 0.220 e. The summed E-state index contributed by atoms with van der Waals surface area (Å²) >= 11 is 0. The minimum absolute atomic E-state index is 0.0184. The van der Waals surface area contributed by atoms with Gasteiger partial charge in [0.2, 0.25) is 5.91 Å². The van der Waals surface area contributed by atoms with Crippen LogP contribution in [0.3, 0.4) is 0 Å². The van der Waals surface area contributed by atoms with E-state index in [0.717, 1.165) is 24.4 Å². The molecule has 1 amide bonds. The molecule has 6 nitrogen and oxygen atoms in total. The molecule has 3 rings (SSSR count). The monoisotopic (exact) mass is 327 g/mol. The van der Waals surface area contributed by atoms with Crippen LogP contribution in [0.2, 0.25) is 0 Å².